The first-order valence-electron chi connectivity index (χ1n) is 13.5. The lowest BCUT2D eigenvalue weighted by Crippen LogP contribution is -2.53. The minimum Gasteiger partial charge on any atom is -0.457 e. The van der Waals surface area contributed by atoms with Crippen LogP contribution in [0.3, 0.4) is 0 Å². The van der Waals surface area contributed by atoms with Gasteiger partial charge in [0.05, 0.1) is 15.6 Å². The van der Waals surface area contributed by atoms with Gasteiger partial charge in [0, 0.05) is 29.2 Å². The van der Waals surface area contributed by atoms with Gasteiger partial charge in [-0.15, -0.1) is 11.3 Å². The van der Waals surface area contributed by atoms with E-state index in [-0.39, 0.29) is 11.7 Å². The summed E-state index contributed by atoms with van der Waals surface area (Å²) in [6.07, 6.45) is 2.15. The molecule has 1 aliphatic heterocycles. The Labute approximate surface area is 237 Å². The summed E-state index contributed by atoms with van der Waals surface area (Å²) in [6.45, 7) is 3.45. The summed E-state index contributed by atoms with van der Waals surface area (Å²) in [4.78, 5) is 30.2. The van der Waals surface area contributed by atoms with Crippen LogP contribution < -0.4 is 27.3 Å². The van der Waals surface area contributed by atoms with Crippen LogP contribution in [-0.2, 0) is 10.3 Å². The number of likely N-dealkylation sites (tertiary alicyclic amines) is 1. The molecule has 1 saturated heterocycles. The third-order valence-corrected chi connectivity index (χ3v) is 9.54. The van der Waals surface area contributed by atoms with E-state index in [1.54, 1.807) is 18.2 Å². The van der Waals surface area contributed by atoms with Crippen LogP contribution in [0.1, 0.15) is 50.8 Å². The maximum atomic E-state index is 14.1. The van der Waals surface area contributed by atoms with Crippen molar-refractivity contribution in [1.82, 2.24) is 10.2 Å². The minimum atomic E-state index is -1.52. The molecule has 3 aromatic carbocycles. The summed E-state index contributed by atoms with van der Waals surface area (Å²) < 4.78 is 6.71. The van der Waals surface area contributed by atoms with Crippen LogP contribution in [0.5, 0.6) is 11.5 Å². The van der Waals surface area contributed by atoms with Gasteiger partial charge in [0.15, 0.2) is 5.78 Å². The van der Waals surface area contributed by atoms with Crippen molar-refractivity contribution in [2.75, 3.05) is 25.9 Å². The number of anilines is 1. The average Bonchev–Trinajstić information content (AvgIpc) is 3.55. The monoisotopic (exact) mass is 555 g/mol. The number of ether oxygens (including phenoxy) is 1. The van der Waals surface area contributed by atoms with E-state index < -0.39 is 11.6 Å². The molecule has 4 aromatic rings. The van der Waals surface area contributed by atoms with Crippen LogP contribution in [0.25, 0.3) is 10.1 Å². The first-order valence-corrected chi connectivity index (χ1v) is 14.3. The lowest BCUT2D eigenvalue weighted by atomic mass is 9.69. The van der Waals surface area contributed by atoms with Gasteiger partial charge in [0.25, 0.3) is 5.91 Å². The van der Waals surface area contributed by atoms with Crippen LogP contribution >= 0.6 is 11.3 Å². The highest BCUT2D eigenvalue weighted by Crippen LogP contribution is 2.50. The van der Waals surface area contributed by atoms with Crippen molar-refractivity contribution >= 4 is 38.8 Å². The van der Waals surface area contributed by atoms with Crippen molar-refractivity contribution in [3.63, 3.8) is 0 Å². The number of hydrogen-bond donors (Lipinski definition) is 4. The quantitative estimate of drug-likeness (QED) is 0.262. The molecular formula is C31H33N5O3S. The molecule has 2 heterocycles. The Balaban J connectivity index is 1.41. The van der Waals surface area contributed by atoms with E-state index in [1.165, 1.54) is 11.3 Å². The highest BCUT2D eigenvalue weighted by Gasteiger charge is 2.49. The molecule has 7 N–H and O–H groups in total. The molecule has 0 saturated carbocycles. The van der Waals surface area contributed by atoms with Crippen molar-refractivity contribution in [2.24, 2.45) is 11.5 Å². The highest BCUT2D eigenvalue weighted by molar-refractivity contribution is 7.21. The Bertz CT molecular complexity index is 1640. The molecule has 1 fully saturated rings. The van der Waals surface area contributed by atoms with E-state index in [4.69, 9.17) is 21.9 Å². The summed E-state index contributed by atoms with van der Waals surface area (Å²) in [5.74, 6) is 0.734. The number of nitrogens with one attached hydrogen (secondary N) is 1. The van der Waals surface area contributed by atoms with E-state index in [0.29, 0.717) is 56.7 Å². The standard InChI is InChI=1S/C31H33N5O3S/c1-17-15-20(39-19-8-4-3-5-9-19)10-11-21(17)31(34)22-12-13-23(32)27-24(22)25(26(33)29(31)37)28(40-27)30(38)35-16-18-7-6-14-36(18)2/h3-5,8-13,15,18,26H,6-7,14,16,32-34H2,1-2H3,(H,35,38). The first kappa shape index (κ1) is 26.5. The molecular weight excluding hydrogens is 522 g/mol. The van der Waals surface area contributed by atoms with Gasteiger partial charge >= 0.3 is 0 Å². The summed E-state index contributed by atoms with van der Waals surface area (Å²) in [6, 6.07) is 17.7. The van der Waals surface area contributed by atoms with Gasteiger partial charge < -0.3 is 32.2 Å². The summed E-state index contributed by atoms with van der Waals surface area (Å²) in [5.41, 5.74) is 21.6. The number of likely N-dealkylation sites (N-methyl/N-ethyl adjacent to an activating group) is 1. The highest BCUT2D eigenvalue weighted by atomic mass is 32.1. The molecule has 1 aromatic heterocycles. The molecule has 206 valence electrons. The number of amides is 1. The molecule has 6 rings (SSSR count). The van der Waals surface area contributed by atoms with Gasteiger partial charge in [-0.3, -0.25) is 9.59 Å². The molecule has 0 spiro atoms. The number of benzene rings is 3. The molecule has 0 bridgehead atoms. The predicted octanol–water partition coefficient (Wildman–Crippen LogP) is 4.19. The molecule has 3 atom stereocenters. The fourth-order valence-corrected chi connectivity index (χ4v) is 7.34. The van der Waals surface area contributed by atoms with Gasteiger partial charge in [0.1, 0.15) is 17.0 Å². The summed E-state index contributed by atoms with van der Waals surface area (Å²) >= 11 is 1.27. The molecule has 9 heteroatoms. The second-order valence-corrected chi connectivity index (χ2v) is 11.8. The van der Waals surface area contributed by atoms with Gasteiger partial charge in [-0.2, -0.15) is 0 Å². The normalized spacial score (nSPS) is 22.6. The average molecular weight is 556 g/mol. The maximum Gasteiger partial charge on any atom is 0.261 e. The minimum absolute atomic E-state index is 0.242. The molecule has 1 amide bonds. The van der Waals surface area contributed by atoms with Crippen molar-refractivity contribution in [3.05, 3.63) is 87.8 Å². The van der Waals surface area contributed by atoms with Crippen LogP contribution in [-0.4, -0.2) is 42.8 Å². The van der Waals surface area contributed by atoms with E-state index >= 15 is 0 Å². The Kier molecular flexibility index (Phi) is 6.62. The van der Waals surface area contributed by atoms with Gasteiger partial charge in [-0.1, -0.05) is 30.3 Å². The number of nitrogens with two attached hydrogens (primary N) is 3. The number of carbonyl (C=O) groups is 2. The number of hydrogen-bond acceptors (Lipinski definition) is 8. The second-order valence-electron chi connectivity index (χ2n) is 10.8. The van der Waals surface area contributed by atoms with Gasteiger partial charge in [0.2, 0.25) is 0 Å². The molecule has 1 aliphatic carbocycles. The van der Waals surface area contributed by atoms with Crippen LogP contribution in [0.4, 0.5) is 5.69 Å². The maximum absolute atomic E-state index is 14.1. The SMILES string of the molecule is Cc1cc(Oc2ccccc2)ccc1C1(N)C(=O)C(N)c2c(C(=O)NCC3CCCN3C)sc3c(N)ccc1c23. The number of Topliss-reactive ketones (excluding diaryl/α,β-unsaturated/α-hetero) is 1. The fourth-order valence-electron chi connectivity index (χ4n) is 6.12. The zero-order valence-electron chi connectivity index (χ0n) is 22.6. The summed E-state index contributed by atoms with van der Waals surface area (Å²) in [5, 5.41) is 3.77. The van der Waals surface area contributed by atoms with Gasteiger partial charge in [-0.05, 0) is 80.4 Å². The Morgan fingerprint density at radius 3 is 2.58 bits per heavy atom. The third-order valence-electron chi connectivity index (χ3n) is 8.29. The van der Waals surface area contributed by atoms with Crippen molar-refractivity contribution < 1.29 is 14.3 Å². The second kappa shape index (κ2) is 10.0. The number of nitrogens with zero attached hydrogens (tertiary/aromatic N) is 1. The topological polar surface area (TPSA) is 137 Å². The number of thiophene rings is 1. The number of rotatable bonds is 6. The van der Waals surface area contributed by atoms with Crippen molar-refractivity contribution in [2.45, 2.75) is 37.4 Å². The van der Waals surface area contributed by atoms with Crippen LogP contribution in [0.15, 0.2) is 60.7 Å². The molecule has 40 heavy (non-hydrogen) atoms. The first-order chi connectivity index (χ1) is 19.2. The Hall–Kier alpha value is -3.76. The van der Waals surface area contributed by atoms with E-state index in [9.17, 15) is 9.59 Å². The Morgan fingerprint density at radius 1 is 1.12 bits per heavy atom. The molecule has 0 radical (unpaired) electrons. The van der Waals surface area contributed by atoms with E-state index in [0.717, 1.165) is 29.6 Å². The van der Waals surface area contributed by atoms with Crippen molar-refractivity contribution in [1.29, 1.82) is 0 Å². The molecule has 8 nitrogen and oxygen atoms in total. The largest absolute Gasteiger partial charge is 0.457 e. The number of carbonyl (C=O) groups excluding carboxylic acids is 2. The number of ketones is 1. The number of para-hydroxylation sites is 1. The van der Waals surface area contributed by atoms with Crippen LogP contribution in [0.2, 0.25) is 0 Å². The number of aryl methyl sites for hydroxylation is 1. The summed E-state index contributed by atoms with van der Waals surface area (Å²) in [7, 11) is 2.07. The predicted molar refractivity (Wildman–Crippen MR) is 159 cm³/mol. The molecule has 2 aliphatic rings. The smallest absolute Gasteiger partial charge is 0.261 e. The number of nitrogen functional groups attached to an aromatic ring is 1. The lowest BCUT2D eigenvalue weighted by Gasteiger charge is -2.37. The van der Waals surface area contributed by atoms with E-state index in [2.05, 4.69) is 17.3 Å². The zero-order chi connectivity index (χ0) is 28.2. The van der Waals surface area contributed by atoms with E-state index in [1.807, 2.05) is 49.4 Å². The van der Waals surface area contributed by atoms with Crippen LogP contribution in [0, 0.1) is 6.92 Å². The van der Waals surface area contributed by atoms with Gasteiger partial charge in [-0.25, -0.2) is 0 Å². The van der Waals surface area contributed by atoms with Crippen molar-refractivity contribution in [3.8, 4) is 11.5 Å². The fraction of sp³-hybridized carbons (Fsp3) is 0.290. The third kappa shape index (κ3) is 4.17. The Morgan fingerprint density at radius 2 is 1.88 bits per heavy atom. The zero-order valence-corrected chi connectivity index (χ0v) is 23.4. The lowest BCUT2D eigenvalue weighted by molar-refractivity contribution is -0.124. The molecule has 3 unspecified atom stereocenters.